The van der Waals surface area contributed by atoms with Gasteiger partial charge in [0, 0.05) is 31.1 Å². The van der Waals surface area contributed by atoms with Crippen molar-refractivity contribution in [1.29, 1.82) is 0 Å². The number of aliphatic hydroxyl groups excluding tert-OH is 1. The maximum absolute atomic E-state index is 12.0. The van der Waals surface area contributed by atoms with Crippen LogP contribution in [0.2, 0.25) is 0 Å². The van der Waals surface area contributed by atoms with Gasteiger partial charge in [0.25, 0.3) is 0 Å². The van der Waals surface area contributed by atoms with Crippen molar-refractivity contribution in [3.05, 3.63) is 17.2 Å². The molecule has 0 radical (unpaired) electrons. The molecular formula is C13H16O5. The van der Waals surface area contributed by atoms with E-state index in [9.17, 15) is 9.90 Å². The Hall–Kier alpha value is -1.75. The van der Waals surface area contributed by atoms with E-state index < -0.39 is 0 Å². The predicted molar refractivity (Wildman–Crippen MR) is 64.5 cm³/mol. The zero-order chi connectivity index (χ0) is 13.3. The number of benzene rings is 1. The van der Waals surface area contributed by atoms with Gasteiger partial charge >= 0.3 is 0 Å². The fourth-order valence-electron chi connectivity index (χ4n) is 2.18. The van der Waals surface area contributed by atoms with E-state index in [-0.39, 0.29) is 37.1 Å². The SMILES string of the molecule is CO[13c]1[13cH][13c](O)[13c]([13CH2][13CH2]O)[13c]2[13c]1[13C](=O)[13CH2][13C@@H]([13CH3])O2. The molecule has 1 aliphatic rings. The van der Waals surface area contributed by atoms with Crippen LogP contribution in [0.25, 0.3) is 0 Å². The van der Waals surface area contributed by atoms with Gasteiger partial charge in [-0.05, 0) is 6.92 Å². The summed E-state index contributed by atoms with van der Waals surface area (Å²) >= 11 is 0. The summed E-state index contributed by atoms with van der Waals surface area (Å²) in [5.41, 5.74) is 0.810. The predicted octanol–water partition coefficient (Wildman–Crippen LogP) is 1.29. The molecule has 1 aliphatic heterocycles. The molecule has 2 rings (SSSR count). The van der Waals surface area contributed by atoms with Gasteiger partial charge in [0.15, 0.2) is 5.78 Å². The lowest BCUT2D eigenvalue weighted by molar-refractivity contribution is 0.0862. The molecule has 0 spiro atoms. The zero-order valence-corrected chi connectivity index (χ0v) is 10.4. The van der Waals surface area contributed by atoms with Gasteiger partial charge in [-0.25, -0.2) is 0 Å². The number of rotatable bonds is 3. The van der Waals surface area contributed by atoms with E-state index in [1.807, 2.05) is 0 Å². The van der Waals surface area contributed by atoms with Crippen molar-refractivity contribution in [1.82, 2.24) is 0 Å². The molecule has 0 fully saturated rings. The molecule has 0 bridgehead atoms. The Morgan fingerprint density at radius 2 is 2.28 bits per heavy atom. The summed E-state index contributed by atoms with van der Waals surface area (Å²) in [6, 6.07) is 1.39. The van der Waals surface area contributed by atoms with E-state index in [1.165, 1.54) is 13.2 Å². The second kappa shape index (κ2) is 4.86. The number of Topliss-reactive ketones (excluding diaryl/α,β-unsaturated/α-hetero) is 1. The number of ketones is 1. The van der Waals surface area contributed by atoms with Crippen molar-refractivity contribution in [2.45, 2.75) is 25.9 Å². The van der Waals surface area contributed by atoms with Crippen LogP contribution in [0.5, 0.6) is 17.2 Å². The number of phenols is 1. The van der Waals surface area contributed by atoms with Crippen LogP contribution in [-0.4, -0.2) is 35.8 Å². The van der Waals surface area contributed by atoms with Crippen molar-refractivity contribution in [3.8, 4) is 17.2 Å². The molecule has 1 heterocycles. The van der Waals surface area contributed by atoms with E-state index in [2.05, 4.69) is 0 Å². The molecule has 0 amide bonds. The number of aromatic hydroxyl groups is 1. The summed E-state index contributed by atoms with van der Waals surface area (Å²) in [6.45, 7) is 1.67. The van der Waals surface area contributed by atoms with E-state index in [0.717, 1.165) is 0 Å². The molecular weight excluding hydrogens is 248 g/mol. The van der Waals surface area contributed by atoms with Crippen LogP contribution in [0.4, 0.5) is 0 Å². The zero-order valence-electron chi connectivity index (χ0n) is 10.4. The average molecular weight is 264 g/mol. The quantitative estimate of drug-likeness (QED) is 0.804. The third-order valence-electron chi connectivity index (χ3n) is 2.98. The fraction of sp³-hybridized carbons (Fsp3) is 0.462. The third-order valence-corrected chi connectivity index (χ3v) is 2.98. The summed E-state index contributed by atoms with van der Waals surface area (Å²) < 4.78 is 10.7. The molecule has 5 heteroatoms. The van der Waals surface area contributed by atoms with Crippen LogP contribution < -0.4 is 9.47 Å². The average Bonchev–Trinajstić information content (AvgIpc) is 2.32. The smallest absolute Gasteiger partial charge is 0.174 e. The summed E-state index contributed by atoms with van der Waals surface area (Å²) in [5.74, 6) is 0.548. The number of carbonyl (C=O) groups excluding carboxylic acids is 1. The highest BCUT2D eigenvalue weighted by Gasteiger charge is 2.31. The number of carbonyl (C=O) groups is 1. The van der Waals surface area contributed by atoms with Crippen molar-refractivity contribution < 1.29 is 24.5 Å². The molecule has 1 aromatic carbocycles. The Morgan fingerprint density at radius 3 is 2.89 bits per heavy atom. The van der Waals surface area contributed by atoms with E-state index >= 15 is 0 Å². The topological polar surface area (TPSA) is 76.0 Å². The maximum Gasteiger partial charge on any atom is 0.174 e. The van der Waals surface area contributed by atoms with E-state index in [1.54, 1.807) is 6.92 Å². The van der Waals surface area contributed by atoms with Gasteiger partial charge in [0.05, 0.1) is 7.11 Å². The van der Waals surface area contributed by atoms with Gasteiger partial charge in [0.2, 0.25) is 0 Å². The number of ether oxygens (including phenoxy) is 2. The van der Waals surface area contributed by atoms with E-state index in [0.29, 0.717) is 22.6 Å². The van der Waals surface area contributed by atoms with Crippen LogP contribution in [0, 0.1) is 0 Å². The standard InChI is InChI=1S/C13H16O5/c1-7-5-10(16)12-11(17-2)6-9(15)8(3-4-14)13(12)18-7/h6-7,14-15H,3-5H2,1-2H3/t7-/m1/s1/i1+1,3+1,4+1,5+1,6+1,7+1,8+1,9+1,10+1,11+1,12+1,13+1. The van der Waals surface area contributed by atoms with Crippen molar-refractivity contribution in [2.24, 2.45) is 0 Å². The first-order valence-corrected chi connectivity index (χ1v) is 5.82. The Kier molecular flexibility index (Phi) is 3.43. The normalized spacial score (nSPS) is 18.2. The number of methoxy groups -OCH3 is 1. The molecule has 1 aromatic rings. The van der Waals surface area contributed by atoms with Crippen LogP contribution in [0.15, 0.2) is 6.07 Å². The van der Waals surface area contributed by atoms with Crippen molar-refractivity contribution in [3.63, 3.8) is 0 Å². The highest BCUT2D eigenvalue weighted by molar-refractivity contribution is 6.03. The minimum absolute atomic E-state index is 0.0263. The van der Waals surface area contributed by atoms with Crippen LogP contribution in [0.3, 0.4) is 0 Å². The van der Waals surface area contributed by atoms with Gasteiger partial charge < -0.3 is 19.7 Å². The number of aliphatic hydroxyl groups is 1. The second-order valence-electron chi connectivity index (χ2n) is 4.31. The maximum atomic E-state index is 12.0. The minimum Gasteiger partial charge on any atom is -0.507 e. The first-order valence-electron chi connectivity index (χ1n) is 5.82. The number of hydrogen-bond donors (Lipinski definition) is 2. The first kappa shape index (κ1) is 12.7. The Morgan fingerprint density at radius 1 is 1.56 bits per heavy atom. The lowest BCUT2D eigenvalue weighted by Gasteiger charge is -2.26. The molecule has 1 atom stereocenters. The molecule has 0 aliphatic carbocycles. The molecule has 0 saturated heterocycles. The Balaban J connectivity index is 2.64. The van der Waals surface area contributed by atoms with Gasteiger partial charge in [-0.3, -0.25) is 4.79 Å². The van der Waals surface area contributed by atoms with Crippen LogP contribution >= 0.6 is 0 Å². The summed E-state index contributed by atoms with van der Waals surface area (Å²) in [4.78, 5) is 12.0. The lowest BCUT2D eigenvalue weighted by Crippen LogP contribution is -2.25. The Labute approximate surface area is 105 Å². The highest BCUT2D eigenvalue weighted by atomic mass is 16.7. The van der Waals surface area contributed by atoms with Gasteiger partial charge in [-0.1, -0.05) is 0 Å². The lowest BCUT2D eigenvalue weighted by atomic mass is 10.9. The summed E-state index contributed by atoms with van der Waals surface area (Å²) in [6.07, 6.45) is 0.277. The molecule has 0 saturated carbocycles. The number of fused-ring (bicyclic) bond motifs is 1. The first-order chi connectivity index (χ1) is 8.58. The van der Waals surface area contributed by atoms with Crippen molar-refractivity contribution in [2.75, 3.05) is 13.7 Å². The largest absolute Gasteiger partial charge is 0.507 e. The minimum atomic E-state index is -0.242. The molecule has 0 unspecified atom stereocenters. The monoisotopic (exact) mass is 264 g/mol. The van der Waals surface area contributed by atoms with Gasteiger partial charge in [0.1, 0.15) is 28.9 Å². The summed E-state index contributed by atoms with van der Waals surface area (Å²) in [5, 5.41) is 18.9. The second-order valence-corrected chi connectivity index (χ2v) is 4.31. The molecule has 98 valence electrons. The van der Waals surface area contributed by atoms with Crippen LogP contribution in [0.1, 0.15) is 29.3 Å². The molecule has 0 aromatic heterocycles. The molecule has 18 heavy (non-hydrogen) atoms. The number of hydrogen-bond acceptors (Lipinski definition) is 5. The Bertz CT molecular complexity index is 481. The number of phenolic OH excluding ortho intramolecular Hbond substituents is 1. The van der Waals surface area contributed by atoms with E-state index in [4.69, 9.17) is 14.6 Å². The third kappa shape index (κ3) is 2.01. The van der Waals surface area contributed by atoms with Gasteiger partial charge in [-0.15, -0.1) is 0 Å². The highest BCUT2D eigenvalue weighted by Crippen LogP contribution is 2.42. The molecule has 2 N–H and O–H groups in total. The fourth-order valence-corrected chi connectivity index (χ4v) is 2.18. The summed E-state index contributed by atoms with van der Waals surface area (Å²) in [7, 11) is 1.44. The molecule has 5 nitrogen and oxygen atoms in total. The van der Waals surface area contributed by atoms with Gasteiger partial charge in [-0.2, -0.15) is 0 Å². The van der Waals surface area contributed by atoms with Crippen molar-refractivity contribution >= 4 is 5.78 Å². The van der Waals surface area contributed by atoms with Crippen LogP contribution in [-0.2, 0) is 6.42 Å².